The molecule has 2 aromatic rings. The number of pyridine rings is 1. The van der Waals surface area contributed by atoms with Gasteiger partial charge in [0, 0.05) is 11.6 Å². The topological polar surface area (TPSA) is 97.1 Å². The average molecular weight is 384 g/mol. The van der Waals surface area contributed by atoms with Gasteiger partial charge in [0.25, 0.3) is 5.91 Å². The van der Waals surface area contributed by atoms with Crippen LogP contribution >= 0.6 is 0 Å². The molecule has 7 nitrogen and oxygen atoms in total. The molecule has 1 amide bonds. The summed E-state index contributed by atoms with van der Waals surface area (Å²) in [5, 5.41) is 17.4. The summed E-state index contributed by atoms with van der Waals surface area (Å²) < 4.78 is 1.86. The van der Waals surface area contributed by atoms with E-state index in [2.05, 4.69) is 10.4 Å². The van der Waals surface area contributed by atoms with Crippen molar-refractivity contribution in [1.29, 1.82) is 0 Å². The quantitative estimate of drug-likeness (QED) is 0.743. The zero-order valence-corrected chi connectivity index (χ0v) is 17.1. The lowest BCUT2D eigenvalue weighted by Gasteiger charge is -2.20. The fourth-order valence-corrected chi connectivity index (χ4v) is 3.27. The minimum atomic E-state index is -1.05. The molecule has 0 spiro atoms. The molecule has 0 bridgehead atoms. The Balaban J connectivity index is 2.10. The minimum absolute atomic E-state index is 0.238. The number of carboxylic acids is 1. The molecule has 1 aliphatic rings. The van der Waals surface area contributed by atoms with Crippen LogP contribution in [-0.4, -0.2) is 37.8 Å². The van der Waals surface area contributed by atoms with Gasteiger partial charge in [0.15, 0.2) is 5.65 Å². The molecule has 1 aliphatic carbocycles. The predicted molar refractivity (Wildman–Crippen MR) is 108 cm³/mol. The highest BCUT2D eigenvalue weighted by Gasteiger charge is 2.31. The third-order valence-corrected chi connectivity index (χ3v) is 4.92. The lowest BCUT2D eigenvalue weighted by atomic mass is 10.1. The van der Waals surface area contributed by atoms with Gasteiger partial charge in [-0.1, -0.05) is 12.2 Å². The van der Waals surface area contributed by atoms with Crippen LogP contribution in [0.25, 0.3) is 11.0 Å². The molecule has 3 rings (SSSR count). The van der Waals surface area contributed by atoms with Gasteiger partial charge in [0.1, 0.15) is 6.04 Å². The average Bonchev–Trinajstić information content (AvgIpc) is 3.40. The van der Waals surface area contributed by atoms with Gasteiger partial charge in [-0.15, -0.1) is 0 Å². The fraction of sp³-hybridized carbons (Fsp3) is 0.524. The van der Waals surface area contributed by atoms with Crippen LogP contribution in [0.1, 0.15) is 74.6 Å². The summed E-state index contributed by atoms with van der Waals surface area (Å²) >= 11 is 0. The van der Waals surface area contributed by atoms with Crippen LogP contribution in [0.4, 0.5) is 0 Å². The molecule has 28 heavy (non-hydrogen) atoms. The fourth-order valence-electron chi connectivity index (χ4n) is 3.27. The van der Waals surface area contributed by atoms with E-state index in [4.69, 9.17) is 4.98 Å². The first kappa shape index (κ1) is 20.0. The van der Waals surface area contributed by atoms with Gasteiger partial charge in [-0.2, -0.15) is 5.10 Å². The van der Waals surface area contributed by atoms with Crippen LogP contribution in [0, 0.1) is 6.92 Å². The number of allylic oxidation sites excluding steroid dienone is 1. The summed E-state index contributed by atoms with van der Waals surface area (Å²) in [6.45, 7) is 9.80. The highest BCUT2D eigenvalue weighted by atomic mass is 16.4. The summed E-state index contributed by atoms with van der Waals surface area (Å²) in [5.74, 6) is -1.10. The number of amides is 1. The van der Waals surface area contributed by atoms with E-state index < -0.39 is 17.9 Å². The van der Waals surface area contributed by atoms with E-state index in [0.29, 0.717) is 28.2 Å². The van der Waals surface area contributed by atoms with Crippen LogP contribution < -0.4 is 5.32 Å². The molecule has 2 aromatic heterocycles. The Morgan fingerprint density at radius 3 is 2.61 bits per heavy atom. The van der Waals surface area contributed by atoms with Gasteiger partial charge >= 0.3 is 5.97 Å². The van der Waals surface area contributed by atoms with Gasteiger partial charge in [-0.25, -0.2) is 14.5 Å². The second-order valence-electron chi connectivity index (χ2n) is 8.40. The zero-order valence-electron chi connectivity index (χ0n) is 17.1. The first-order valence-corrected chi connectivity index (χ1v) is 9.69. The number of fused-ring (bicyclic) bond motifs is 1. The maximum atomic E-state index is 13.1. The number of carbonyl (C=O) groups excluding carboxylic acids is 1. The smallest absolute Gasteiger partial charge is 0.326 e. The summed E-state index contributed by atoms with van der Waals surface area (Å²) in [5.41, 5.74) is 2.44. The second-order valence-corrected chi connectivity index (χ2v) is 8.40. The van der Waals surface area contributed by atoms with Crippen molar-refractivity contribution >= 4 is 22.9 Å². The van der Waals surface area contributed by atoms with Crippen LogP contribution in [0.2, 0.25) is 0 Å². The number of carboxylic acid groups (broad SMARTS) is 1. The highest BCUT2D eigenvalue weighted by molar-refractivity contribution is 6.07. The molecule has 1 atom stereocenters. The second kappa shape index (κ2) is 7.37. The molecule has 1 unspecified atom stereocenters. The number of hydrogen-bond donors (Lipinski definition) is 2. The molecule has 1 saturated carbocycles. The Labute approximate surface area is 164 Å². The molecule has 2 heterocycles. The van der Waals surface area contributed by atoms with Crippen molar-refractivity contribution in [3.8, 4) is 0 Å². The maximum Gasteiger partial charge on any atom is 0.326 e. The van der Waals surface area contributed by atoms with E-state index in [-0.39, 0.29) is 12.0 Å². The first-order valence-electron chi connectivity index (χ1n) is 9.69. The number of aryl methyl sites for hydroxylation is 1. The van der Waals surface area contributed by atoms with Gasteiger partial charge in [-0.3, -0.25) is 4.79 Å². The van der Waals surface area contributed by atoms with Crippen molar-refractivity contribution < 1.29 is 14.7 Å². The maximum absolute atomic E-state index is 13.1. The Kier molecular flexibility index (Phi) is 5.28. The predicted octanol–water partition coefficient (Wildman–Crippen LogP) is 3.52. The summed E-state index contributed by atoms with van der Waals surface area (Å²) in [7, 11) is 0. The van der Waals surface area contributed by atoms with Crippen LogP contribution in [0.3, 0.4) is 0 Å². The van der Waals surface area contributed by atoms with Crippen LogP contribution in [0.5, 0.6) is 0 Å². The molecule has 1 fully saturated rings. The third kappa shape index (κ3) is 3.93. The number of aromatic nitrogens is 3. The van der Waals surface area contributed by atoms with Gasteiger partial charge in [-0.05, 0) is 59.9 Å². The van der Waals surface area contributed by atoms with E-state index in [1.54, 1.807) is 12.2 Å². The van der Waals surface area contributed by atoms with Crippen molar-refractivity contribution in [3.63, 3.8) is 0 Å². The van der Waals surface area contributed by atoms with Crippen molar-refractivity contribution in [3.05, 3.63) is 35.2 Å². The molecular weight excluding hydrogens is 356 g/mol. The zero-order chi connectivity index (χ0) is 20.6. The Bertz CT molecular complexity index is 949. The van der Waals surface area contributed by atoms with Crippen LogP contribution in [-0.2, 0) is 10.3 Å². The molecule has 0 radical (unpaired) electrons. The minimum Gasteiger partial charge on any atom is -0.480 e. The van der Waals surface area contributed by atoms with E-state index in [0.717, 1.165) is 18.5 Å². The van der Waals surface area contributed by atoms with Crippen molar-refractivity contribution in [2.24, 2.45) is 0 Å². The molecule has 0 saturated heterocycles. The van der Waals surface area contributed by atoms with E-state index in [1.165, 1.54) is 0 Å². The van der Waals surface area contributed by atoms with Crippen molar-refractivity contribution in [1.82, 2.24) is 20.1 Å². The molecule has 150 valence electrons. The monoisotopic (exact) mass is 384 g/mol. The van der Waals surface area contributed by atoms with Crippen molar-refractivity contribution in [2.45, 2.75) is 71.4 Å². The number of hydrogen-bond acceptors (Lipinski definition) is 4. The van der Waals surface area contributed by atoms with Crippen molar-refractivity contribution in [2.75, 3.05) is 0 Å². The van der Waals surface area contributed by atoms with Gasteiger partial charge < -0.3 is 10.4 Å². The van der Waals surface area contributed by atoms with E-state index in [1.807, 2.05) is 45.4 Å². The lowest BCUT2D eigenvalue weighted by Crippen LogP contribution is -2.40. The SMILES string of the molecule is C/C=C/CC(NC(=O)c1cc(C2CC2)nc2c1c(C)nn2C(C)(C)C)C(=O)O. The Morgan fingerprint density at radius 1 is 1.39 bits per heavy atom. The molecule has 0 aliphatic heterocycles. The van der Waals surface area contributed by atoms with Gasteiger partial charge in [0.2, 0.25) is 0 Å². The van der Waals surface area contributed by atoms with Gasteiger partial charge in [0.05, 0.1) is 22.2 Å². The number of aliphatic carboxylic acids is 1. The number of nitrogens with zero attached hydrogens (tertiary/aromatic N) is 3. The number of nitrogens with one attached hydrogen (secondary N) is 1. The molecule has 0 aromatic carbocycles. The summed E-state index contributed by atoms with van der Waals surface area (Å²) in [6.07, 6.45) is 5.86. The molecular formula is C21H28N4O3. The highest BCUT2D eigenvalue weighted by Crippen LogP contribution is 2.41. The number of carbonyl (C=O) groups is 2. The lowest BCUT2D eigenvalue weighted by molar-refractivity contribution is -0.139. The van der Waals surface area contributed by atoms with E-state index in [9.17, 15) is 14.7 Å². The largest absolute Gasteiger partial charge is 0.480 e. The molecule has 2 N–H and O–H groups in total. The number of rotatable bonds is 6. The van der Waals surface area contributed by atoms with Crippen LogP contribution in [0.15, 0.2) is 18.2 Å². The normalized spacial score (nSPS) is 15.9. The Hall–Kier alpha value is -2.70. The first-order chi connectivity index (χ1) is 13.1. The Morgan fingerprint density at radius 2 is 2.07 bits per heavy atom. The summed E-state index contributed by atoms with van der Waals surface area (Å²) in [4.78, 5) is 29.5. The standard InChI is InChI=1S/C21H28N4O3/c1-6-7-8-15(20(27)28)23-19(26)14-11-16(13-9-10-13)22-18-17(14)12(2)24-25(18)21(3,4)5/h6-7,11,13,15H,8-10H2,1-5H3,(H,23,26)(H,27,28)/b7-6+. The third-order valence-electron chi connectivity index (χ3n) is 4.92. The molecule has 7 heteroatoms. The van der Waals surface area contributed by atoms with E-state index >= 15 is 0 Å². The summed E-state index contributed by atoms with van der Waals surface area (Å²) in [6, 6.07) is 0.834.